The lowest BCUT2D eigenvalue weighted by Crippen LogP contribution is -2.18. The smallest absolute Gasteiger partial charge is 0.337 e. The van der Waals surface area contributed by atoms with Crippen LogP contribution in [0, 0.1) is 0 Å². The number of nitrogens with one attached hydrogen (secondary N) is 1. The van der Waals surface area contributed by atoms with E-state index in [0.29, 0.717) is 34.7 Å². The first-order valence-electron chi connectivity index (χ1n) is 13.2. The zero-order chi connectivity index (χ0) is 31.1. The molecule has 0 fully saturated rings. The van der Waals surface area contributed by atoms with Crippen LogP contribution in [-0.2, 0) is 34.3 Å². The zero-order valence-corrected chi connectivity index (χ0v) is 27.2. The van der Waals surface area contributed by atoms with Crippen molar-refractivity contribution in [1.29, 1.82) is 0 Å². The molecule has 0 saturated carbocycles. The van der Waals surface area contributed by atoms with Gasteiger partial charge < -0.3 is 23.3 Å². The number of anilines is 1. The molecule has 1 atom stereocenters. The normalized spacial score (nSPS) is 12.9. The summed E-state index contributed by atoms with van der Waals surface area (Å²) in [5, 5.41) is 4.75. The quantitative estimate of drug-likeness (QED) is 0.182. The topological polar surface area (TPSA) is 139 Å². The monoisotopic (exact) mass is 640 g/mol. The standard InChI is InChI=1S/C28H37N2O9PS2/c1-18(2)38-40(32,39-19(3)4)16-22-17-41-28(29-22)30-27(31)21-12-24(36-20(5)15-35-6)14-25(13-21)37-23-8-10-26(11-9-23)42(7,33)34/h8-14,17-20H,15-16H2,1-7H3,(H,29,30,31)/t20-/m0/s1. The summed E-state index contributed by atoms with van der Waals surface area (Å²) in [6, 6.07) is 10.7. The van der Waals surface area contributed by atoms with Crippen molar-refractivity contribution in [2.45, 2.75) is 64.0 Å². The summed E-state index contributed by atoms with van der Waals surface area (Å²) in [5.41, 5.74) is 0.695. The van der Waals surface area contributed by atoms with Crippen LogP contribution in [0.5, 0.6) is 17.2 Å². The van der Waals surface area contributed by atoms with E-state index >= 15 is 0 Å². The largest absolute Gasteiger partial charge is 0.488 e. The second kappa shape index (κ2) is 14.6. The molecule has 0 aliphatic rings. The molecule has 0 spiro atoms. The van der Waals surface area contributed by atoms with E-state index < -0.39 is 23.3 Å². The molecule has 1 N–H and O–H groups in total. The molecule has 1 heterocycles. The Balaban J connectivity index is 1.83. The van der Waals surface area contributed by atoms with Gasteiger partial charge in [0.15, 0.2) is 15.0 Å². The van der Waals surface area contributed by atoms with E-state index in [1.165, 1.54) is 41.7 Å². The van der Waals surface area contributed by atoms with Gasteiger partial charge in [0.1, 0.15) is 23.4 Å². The van der Waals surface area contributed by atoms with E-state index in [2.05, 4.69) is 10.3 Å². The first-order chi connectivity index (χ1) is 19.7. The van der Waals surface area contributed by atoms with Crippen LogP contribution in [0.1, 0.15) is 50.7 Å². The number of benzene rings is 2. The average molecular weight is 641 g/mol. The van der Waals surface area contributed by atoms with Crippen LogP contribution in [-0.4, -0.2) is 57.6 Å². The van der Waals surface area contributed by atoms with Gasteiger partial charge in [-0.25, -0.2) is 13.4 Å². The maximum Gasteiger partial charge on any atom is 0.337 e. The second-order valence-corrected chi connectivity index (χ2v) is 14.9. The summed E-state index contributed by atoms with van der Waals surface area (Å²) >= 11 is 1.18. The van der Waals surface area contributed by atoms with Crippen molar-refractivity contribution in [1.82, 2.24) is 4.98 Å². The number of rotatable bonds is 15. The lowest BCUT2D eigenvalue weighted by atomic mass is 10.2. The highest BCUT2D eigenvalue weighted by Crippen LogP contribution is 2.53. The first-order valence-corrected chi connectivity index (χ1v) is 17.7. The van der Waals surface area contributed by atoms with Gasteiger partial charge in [-0.05, 0) is 71.0 Å². The third kappa shape index (κ3) is 10.5. The fourth-order valence-corrected chi connectivity index (χ4v) is 7.27. The highest BCUT2D eigenvalue weighted by Gasteiger charge is 2.29. The van der Waals surface area contributed by atoms with Crippen LogP contribution in [0.2, 0.25) is 0 Å². The Morgan fingerprint density at radius 2 is 1.60 bits per heavy atom. The number of methoxy groups -OCH3 is 1. The molecule has 0 radical (unpaired) electrons. The number of amides is 1. The van der Waals surface area contributed by atoms with Gasteiger partial charge in [0.2, 0.25) is 0 Å². The van der Waals surface area contributed by atoms with Crippen molar-refractivity contribution in [2.75, 3.05) is 25.3 Å². The van der Waals surface area contributed by atoms with Gasteiger partial charge in [0, 0.05) is 30.4 Å². The van der Waals surface area contributed by atoms with E-state index in [4.69, 9.17) is 23.3 Å². The molecule has 42 heavy (non-hydrogen) atoms. The second-order valence-electron chi connectivity index (χ2n) is 10.1. The summed E-state index contributed by atoms with van der Waals surface area (Å²) in [7, 11) is -5.26. The summed E-state index contributed by atoms with van der Waals surface area (Å²) < 4.78 is 65.0. The fraction of sp³-hybridized carbons (Fsp3) is 0.429. The number of carbonyl (C=O) groups excluding carboxylic acids is 1. The fourth-order valence-electron chi connectivity index (χ4n) is 3.77. The summed E-state index contributed by atoms with van der Waals surface area (Å²) in [5.74, 6) is 0.564. The van der Waals surface area contributed by atoms with Crippen molar-refractivity contribution in [3.63, 3.8) is 0 Å². The molecule has 1 amide bonds. The van der Waals surface area contributed by atoms with Crippen LogP contribution in [0.15, 0.2) is 52.7 Å². The van der Waals surface area contributed by atoms with Gasteiger partial charge in [0.05, 0.1) is 35.6 Å². The van der Waals surface area contributed by atoms with Gasteiger partial charge in [0.25, 0.3) is 5.91 Å². The number of hydrogen-bond acceptors (Lipinski definition) is 11. The third-order valence-corrected chi connectivity index (χ3v) is 9.37. The molecular formula is C28H37N2O9PS2. The maximum absolute atomic E-state index is 13.3. The Hall–Kier alpha value is -2.80. The maximum atomic E-state index is 13.3. The summed E-state index contributed by atoms with van der Waals surface area (Å²) in [6.45, 7) is 9.26. The first kappa shape index (κ1) is 33.7. The van der Waals surface area contributed by atoms with E-state index in [-0.39, 0.29) is 34.9 Å². The number of ether oxygens (including phenoxy) is 3. The van der Waals surface area contributed by atoms with Crippen molar-refractivity contribution in [3.8, 4) is 17.2 Å². The van der Waals surface area contributed by atoms with Crippen LogP contribution in [0.4, 0.5) is 5.13 Å². The Bertz CT molecular complexity index is 1490. The van der Waals surface area contributed by atoms with Crippen LogP contribution in [0.25, 0.3) is 0 Å². The minimum absolute atomic E-state index is 0.0352. The molecule has 0 aliphatic carbocycles. The van der Waals surface area contributed by atoms with Crippen molar-refractivity contribution in [3.05, 3.63) is 59.1 Å². The van der Waals surface area contributed by atoms with Crippen LogP contribution < -0.4 is 14.8 Å². The number of hydrogen-bond donors (Lipinski definition) is 1. The Kier molecular flexibility index (Phi) is 11.7. The Labute approximate surface area is 251 Å². The molecule has 0 saturated heterocycles. The highest BCUT2D eigenvalue weighted by atomic mass is 32.2. The lowest BCUT2D eigenvalue weighted by Gasteiger charge is -2.22. The molecule has 11 nitrogen and oxygen atoms in total. The minimum Gasteiger partial charge on any atom is -0.488 e. The zero-order valence-electron chi connectivity index (χ0n) is 24.7. The lowest BCUT2D eigenvalue weighted by molar-refractivity contribution is 0.0916. The molecule has 14 heteroatoms. The van der Waals surface area contributed by atoms with Crippen molar-refractivity contribution >= 4 is 39.8 Å². The molecule has 0 aliphatic heterocycles. The van der Waals surface area contributed by atoms with E-state index in [1.54, 1.807) is 52.3 Å². The predicted octanol–water partition coefficient (Wildman–Crippen LogP) is 6.55. The molecule has 230 valence electrons. The minimum atomic E-state index is -3.46. The number of nitrogens with zero attached hydrogens (tertiary/aromatic N) is 1. The van der Waals surface area contributed by atoms with Gasteiger partial charge in [-0.15, -0.1) is 11.3 Å². The molecule has 0 unspecified atom stereocenters. The van der Waals surface area contributed by atoms with Gasteiger partial charge >= 0.3 is 7.60 Å². The molecule has 3 rings (SSSR count). The molecule has 3 aromatic rings. The SMILES string of the molecule is COC[C@H](C)Oc1cc(Oc2ccc(S(C)(=O)=O)cc2)cc(C(=O)Nc2nc(CP(=O)(OC(C)C)OC(C)C)cs2)c1. The Morgan fingerprint density at radius 1 is 0.976 bits per heavy atom. The summed E-state index contributed by atoms with van der Waals surface area (Å²) in [6.07, 6.45) is 0.171. The highest BCUT2D eigenvalue weighted by molar-refractivity contribution is 7.90. The number of thiazole rings is 1. The van der Waals surface area contributed by atoms with E-state index in [1.807, 2.05) is 6.92 Å². The van der Waals surface area contributed by atoms with E-state index in [0.717, 1.165) is 6.26 Å². The van der Waals surface area contributed by atoms with Crippen LogP contribution in [0.3, 0.4) is 0 Å². The number of sulfone groups is 1. The summed E-state index contributed by atoms with van der Waals surface area (Å²) in [4.78, 5) is 17.8. The molecule has 0 bridgehead atoms. The Morgan fingerprint density at radius 3 is 2.17 bits per heavy atom. The molecular weight excluding hydrogens is 603 g/mol. The third-order valence-electron chi connectivity index (χ3n) is 5.24. The number of carbonyl (C=O) groups is 1. The molecule has 2 aromatic carbocycles. The van der Waals surface area contributed by atoms with Gasteiger partial charge in [-0.1, -0.05) is 0 Å². The van der Waals surface area contributed by atoms with Gasteiger partial charge in [-0.3, -0.25) is 14.7 Å². The van der Waals surface area contributed by atoms with E-state index in [9.17, 15) is 17.8 Å². The number of aromatic nitrogens is 1. The van der Waals surface area contributed by atoms with Crippen molar-refractivity contribution < 1.29 is 41.0 Å². The van der Waals surface area contributed by atoms with Crippen molar-refractivity contribution in [2.24, 2.45) is 0 Å². The van der Waals surface area contributed by atoms with Gasteiger partial charge in [-0.2, -0.15) is 0 Å². The van der Waals surface area contributed by atoms with Crippen LogP contribution >= 0.6 is 18.9 Å². The average Bonchev–Trinajstić information content (AvgIpc) is 3.28. The predicted molar refractivity (Wildman–Crippen MR) is 162 cm³/mol. The molecule has 1 aromatic heterocycles.